The molecule has 0 saturated carbocycles. The number of aliphatic hydroxyl groups is 1. The minimum Gasteiger partial charge on any atom is -0.507 e. The standard InChI is InChI=1S/C8H6ClF3O2/c9-7(14)4-2-1-3-5(6(4)13)8(10,11)12/h1-3,7,13-14H. The first-order valence-electron chi connectivity index (χ1n) is 3.55. The number of aromatic hydroxyl groups is 1. The molecule has 0 bridgehead atoms. The van der Waals surface area contributed by atoms with Gasteiger partial charge in [-0.3, -0.25) is 0 Å². The smallest absolute Gasteiger partial charge is 0.419 e. The summed E-state index contributed by atoms with van der Waals surface area (Å²) in [5.41, 5.74) is -3.23. The van der Waals surface area contributed by atoms with Crippen molar-refractivity contribution in [1.29, 1.82) is 0 Å². The van der Waals surface area contributed by atoms with Crippen LogP contribution in [0, 0.1) is 0 Å². The summed E-state index contributed by atoms with van der Waals surface area (Å²) in [7, 11) is 0. The molecule has 0 aliphatic heterocycles. The lowest BCUT2D eigenvalue weighted by Gasteiger charge is -2.12. The van der Waals surface area contributed by atoms with Crippen LogP contribution in [0.3, 0.4) is 0 Å². The summed E-state index contributed by atoms with van der Waals surface area (Å²) in [6, 6.07) is 2.88. The van der Waals surface area contributed by atoms with E-state index in [9.17, 15) is 13.2 Å². The highest BCUT2D eigenvalue weighted by atomic mass is 35.5. The number of halogens is 4. The summed E-state index contributed by atoms with van der Waals surface area (Å²) < 4.78 is 36.6. The molecule has 78 valence electrons. The Hall–Kier alpha value is -0.940. The molecular weight excluding hydrogens is 221 g/mol. The first-order chi connectivity index (χ1) is 6.34. The van der Waals surface area contributed by atoms with Crippen molar-refractivity contribution in [3.05, 3.63) is 29.3 Å². The van der Waals surface area contributed by atoms with Gasteiger partial charge in [0, 0.05) is 5.56 Å². The van der Waals surface area contributed by atoms with E-state index < -0.39 is 23.1 Å². The number of benzene rings is 1. The third-order valence-electron chi connectivity index (χ3n) is 1.63. The van der Waals surface area contributed by atoms with E-state index in [-0.39, 0.29) is 5.56 Å². The van der Waals surface area contributed by atoms with Gasteiger partial charge in [-0.25, -0.2) is 0 Å². The molecule has 1 aromatic rings. The van der Waals surface area contributed by atoms with E-state index in [1.165, 1.54) is 0 Å². The molecule has 0 spiro atoms. The highest BCUT2D eigenvalue weighted by molar-refractivity contribution is 6.19. The predicted octanol–water partition coefficient (Wildman–Crippen LogP) is 2.64. The predicted molar refractivity (Wildman–Crippen MR) is 43.9 cm³/mol. The largest absolute Gasteiger partial charge is 0.507 e. The quantitative estimate of drug-likeness (QED) is 0.723. The zero-order valence-corrected chi connectivity index (χ0v) is 7.47. The summed E-state index contributed by atoms with van der Waals surface area (Å²) in [4.78, 5) is 0. The van der Waals surface area contributed by atoms with Gasteiger partial charge in [0.05, 0.1) is 5.56 Å². The first kappa shape index (κ1) is 11.1. The number of phenolic OH excluding ortho intramolecular Hbond substituents is 1. The number of para-hydroxylation sites is 1. The molecule has 14 heavy (non-hydrogen) atoms. The topological polar surface area (TPSA) is 40.5 Å². The molecule has 0 aromatic heterocycles. The Morgan fingerprint density at radius 3 is 2.29 bits per heavy atom. The lowest BCUT2D eigenvalue weighted by molar-refractivity contribution is -0.138. The average Bonchev–Trinajstić information content (AvgIpc) is 2.01. The van der Waals surface area contributed by atoms with Crippen molar-refractivity contribution in [3.8, 4) is 5.75 Å². The van der Waals surface area contributed by atoms with Gasteiger partial charge in [0.2, 0.25) is 0 Å². The Morgan fingerprint density at radius 1 is 1.29 bits per heavy atom. The number of phenols is 1. The summed E-state index contributed by atoms with van der Waals surface area (Å²) in [6.07, 6.45) is -4.66. The second kappa shape index (κ2) is 3.67. The second-order valence-corrected chi connectivity index (χ2v) is 2.99. The second-order valence-electron chi connectivity index (χ2n) is 2.58. The van der Waals surface area contributed by atoms with E-state index in [0.717, 1.165) is 12.1 Å². The van der Waals surface area contributed by atoms with Crippen molar-refractivity contribution in [2.24, 2.45) is 0 Å². The van der Waals surface area contributed by atoms with Crippen molar-refractivity contribution in [1.82, 2.24) is 0 Å². The van der Waals surface area contributed by atoms with Gasteiger partial charge in [-0.1, -0.05) is 23.7 Å². The molecule has 0 amide bonds. The van der Waals surface area contributed by atoms with Gasteiger partial charge >= 0.3 is 6.18 Å². The van der Waals surface area contributed by atoms with Crippen LogP contribution in [-0.2, 0) is 6.18 Å². The fourth-order valence-corrected chi connectivity index (χ4v) is 1.16. The minimum atomic E-state index is -4.66. The van der Waals surface area contributed by atoms with E-state index in [1.807, 2.05) is 0 Å². The highest BCUT2D eigenvalue weighted by Crippen LogP contribution is 2.39. The van der Waals surface area contributed by atoms with Crippen molar-refractivity contribution in [3.63, 3.8) is 0 Å². The van der Waals surface area contributed by atoms with Crippen LogP contribution in [0.15, 0.2) is 18.2 Å². The lowest BCUT2D eigenvalue weighted by Crippen LogP contribution is -2.06. The van der Waals surface area contributed by atoms with Gasteiger partial charge in [0.15, 0.2) is 5.56 Å². The van der Waals surface area contributed by atoms with Crippen LogP contribution in [0.5, 0.6) is 5.75 Å². The fraction of sp³-hybridized carbons (Fsp3) is 0.250. The molecule has 6 heteroatoms. The Balaban J connectivity index is 3.28. The molecule has 1 aromatic carbocycles. The van der Waals surface area contributed by atoms with E-state index in [0.29, 0.717) is 6.07 Å². The number of rotatable bonds is 1. The molecule has 0 fully saturated rings. The zero-order chi connectivity index (χ0) is 10.9. The normalized spacial score (nSPS) is 14.1. The Labute approximate surface area is 82.5 Å². The molecule has 2 nitrogen and oxygen atoms in total. The number of hydrogen-bond donors (Lipinski definition) is 2. The molecule has 0 heterocycles. The average molecular weight is 227 g/mol. The van der Waals surface area contributed by atoms with Crippen LogP contribution < -0.4 is 0 Å². The molecule has 1 unspecified atom stereocenters. The van der Waals surface area contributed by atoms with E-state index in [1.54, 1.807) is 0 Å². The van der Waals surface area contributed by atoms with Crippen LogP contribution in [0.4, 0.5) is 13.2 Å². The maximum Gasteiger partial charge on any atom is 0.419 e. The fourth-order valence-electron chi connectivity index (χ4n) is 0.982. The van der Waals surface area contributed by atoms with Crippen molar-refractivity contribution >= 4 is 11.6 Å². The van der Waals surface area contributed by atoms with Crippen molar-refractivity contribution in [2.45, 2.75) is 11.7 Å². The summed E-state index contributed by atoms with van der Waals surface area (Å²) >= 11 is 5.16. The van der Waals surface area contributed by atoms with Gasteiger partial charge in [-0.15, -0.1) is 0 Å². The molecule has 1 atom stereocenters. The van der Waals surface area contributed by atoms with E-state index in [4.69, 9.17) is 21.8 Å². The molecule has 2 N–H and O–H groups in total. The third-order valence-corrected chi connectivity index (χ3v) is 1.86. The molecule has 1 rings (SSSR count). The van der Waals surface area contributed by atoms with Crippen molar-refractivity contribution < 1.29 is 23.4 Å². The lowest BCUT2D eigenvalue weighted by atomic mass is 10.1. The van der Waals surface area contributed by atoms with Crippen LogP contribution in [-0.4, -0.2) is 10.2 Å². The molecule has 0 aliphatic rings. The van der Waals surface area contributed by atoms with Crippen LogP contribution in [0.1, 0.15) is 16.7 Å². The monoisotopic (exact) mass is 226 g/mol. The van der Waals surface area contributed by atoms with E-state index >= 15 is 0 Å². The molecule has 0 saturated heterocycles. The van der Waals surface area contributed by atoms with Crippen LogP contribution in [0.25, 0.3) is 0 Å². The van der Waals surface area contributed by atoms with Crippen LogP contribution in [0.2, 0.25) is 0 Å². The maximum absolute atomic E-state index is 12.2. The van der Waals surface area contributed by atoms with Crippen LogP contribution >= 0.6 is 11.6 Å². The Morgan fingerprint density at radius 2 is 1.86 bits per heavy atom. The Bertz CT molecular complexity index is 336. The number of hydrogen-bond acceptors (Lipinski definition) is 2. The number of alkyl halides is 4. The molecule has 0 radical (unpaired) electrons. The van der Waals surface area contributed by atoms with Gasteiger partial charge in [-0.2, -0.15) is 13.2 Å². The minimum absolute atomic E-state index is 0.360. The summed E-state index contributed by atoms with van der Waals surface area (Å²) in [5, 5.41) is 18.0. The first-order valence-corrected chi connectivity index (χ1v) is 3.99. The number of aliphatic hydroxyl groups excluding tert-OH is 1. The molecular formula is C8H6ClF3O2. The zero-order valence-electron chi connectivity index (χ0n) is 6.72. The Kier molecular flexibility index (Phi) is 2.92. The SMILES string of the molecule is Oc1c(C(O)Cl)cccc1C(F)(F)F. The molecule has 0 aliphatic carbocycles. The van der Waals surface area contributed by atoms with Crippen molar-refractivity contribution in [2.75, 3.05) is 0 Å². The van der Waals surface area contributed by atoms with Gasteiger partial charge in [-0.05, 0) is 6.07 Å². The summed E-state index contributed by atoms with van der Waals surface area (Å²) in [5.74, 6) is -1.04. The third kappa shape index (κ3) is 2.10. The van der Waals surface area contributed by atoms with Gasteiger partial charge in [0.1, 0.15) is 5.75 Å². The maximum atomic E-state index is 12.2. The van der Waals surface area contributed by atoms with Gasteiger partial charge < -0.3 is 10.2 Å². The summed E-state index contributed by atoms with van der Waals surface area (Å²) in [6.45, 7) is 0. The highest BCUT2D eigenvalue weighted by Gasteiger charge is 2.35. The van der Waals surface area contributed by atoms with Gasteiger partial charge in [0.25, 0.3) is 0 Å². The van der Waals surface area contributed by atoms with E-state index in [2.05, 4.69) is 0 Å².